The fourth-order valence-corrected chi connectivity index (χ4v) is 5.06. The standard InChI is InChI=1S/C16H17NO.C16H15NO/c2*18-15-11-17(12-15)16(13-7-3-1-4-8-13)14-9-5-2-6-10-14/h1-10,15-16,18H,11-12H2;1-10,16H,11-12H2. The maximum atomic E-state index is 11.2. The molecule has 0 spiro atoms. The quantitative estimate of drug-likeness (QED) is 0.420. The number of carbonyl (C=O) groups excluding carboxylic acids is 1. The summed E-state index contributed by atoms with van der Waals surface area (Å²) in [4.78, 5) is 15.8. The zero-order valence-corrected chi connectivity index (χ0v) is 20.4. The van der Waals surface area contributed by atoms with Crippen molar-refractivity contribution in [2.45, 2.75) is 18.2 Å². The fraction of sp³-hybridized carbons (Fsp3) is 0.219. The third kappa shape index (κ3) is 5.63. The van der Waals surface area contributed by atoms with Crippen molar-refractivity contribution in [2.75, 3.05) is 26.2 Å². The van der Waals surface area contributed by atoms with Gasteiger partial charge in [0, 0.05) is 13.1 Å². The second-order valence-electron chi connectivity index (χ2n) is 9.50. The molecule has 6 rings (SSSR count). The predicted octanol–water partition coefficient (Wildman–Crippen LogP) is 5.11. The van der Waals surface area contributed by atoms with E-state index in [1.807, 2.05) is 48.5 Å². The van der Waals surface area contributed by atoms with Gasteiger partial charge >= 0.3 is 0 Å². The highest BCUT2D eigenvalue weighted by Gasteiger charge is 2.33. The summed E-state index contributed by atoms with van der Waals surface area (Å²) in [7, 11) is 0. The van der Waals surface area contributed by atoms with E-state index in [2.05, 4.69) is 82.6 Å². The number of likely N-dealkylation sites (tertiary alicyclic amines) is 2. The summed E-state index contributed by atoms with van der Waals surface area (Å²) < 4.78 is 0. The minimum Gasteiger partial charge on any atom is -0.390 e. The van der Waals surface area contributed by atoms with Crippen molar-refractivity contribution in [2.24, 2.45) is 0 Å². The fourth-order valence-electron chi connectivity index (χ4n) is 5.06. The molecule has 2 aliphatic rings. The molecule has 0 aromatic heterocycles. The number of carbonyl (C=O) groups is 1. The van der Waals surface area contributed by atoms with Crippen molar-refractivity contribution >= 4 is 5.78 Å². The van der Waals surface area contributed by atoms with E-state index >= 15 is 0 Å². The zero-order valence-electron chi connectivity index (χ0n) is 20.4. The lowest BCUT2D eigenvalue weighted by molar-refractivity contribution is -0.130. The lowest BCUT2D eigenvalue weighted by Gasteiger charge is -2.42. The highest BCUT2D eigenvalue weighted by molar-refractivity contribution is 5.88. The van der Waals surface area contributed by atoms with Crippen LogP contribution in [0.3, 0.4) is 0 Å². The van der Waals surface area contributed by atoms with Crippen molar-refractivity contribution in [1.29, 1.82) is 0 Å². The van der Waals surface area contributed by atoms with E-state index in [-0.39, 0.29) is 18.2 Å². The van der Waals surface area contributed by atoms with Crippen LogP contribution in [-0.4, -0.2) is 53.0 Å². The van der Waals surface area contributed by atoms with Gasteiger partial charge < -0.3 is 5.11 Å². The number of aliphatic hydroxyl groups is 1. The molecule has 0 radical (unpaired) electrons. The summed E-state index contributed by atoms with van der Waals surface area (Å²) >= 11 is 0. The van der Waals surface area contributed by atoms with Crippen molar-refractivity contribution in [1.82, 2.24) is 9.80 Å². The van der Waals surface area contributed by atoms with Crippen LogP contribution in [0.1, 0.15) is 34.3 Å². The first-order valence-electron chi connectivity index (χ1n) is 12.6. The van der Waals surface area contributed by atoms with Gasteiger partial charge in [0.05, 0.1) is 31.3 Å². The van der Waals surface area contributed by atoms with Gasteiger partial charge in [-0.05, 0) is 22.3 Å². The number of rotatable bonds is 6. The summed E-state index contributed by atoms with van der Waals surface area (Å²) in [6, 6.07) is 42.2. The first-order chi connectivity index (χ1) is 17.7. The van der Waals surface area contributed by atoms with Crippen LogP contribution < -0.4 is 0 Å². The van der Waals surface area contributed by atoms with E-state index in [4.69, 9.17) is 0 Å². The van der Waals surface area contributed by atoms with Gasteiger partial charge in [0.1, 0.15) is 0 Å². The summed E-state index contributed by atoms with van der Waals surface area (Å²) in [5, 5.41) is 9.52. The summed E-state index contributed by atoms with van der Waals surface area (Å²) in [5.74, 6) is 0.326. The molecule has 2 heterocycles. The Morgan fingerprint density at radius 3 is 1.11 bits per heavy atom. The monoisotopic (exact) mass is 476 g/mol. The number of hydrogen-bond acceptors (Lipinski definition) is 4. The van der Waals surface area contributed by atoms with Gasteiger partial charge in [0.15, 0.2) is 5.78 Å². The molecular weight excluding hydrogens is 444 g/mol. The summed E-state index contributed by atoms with van der Waals surface area (Å²) in [6.07, 6.45) is -0.167. The van der Waals surface area contributed by atoms with Crippen molar-refractivity contribution in [3.63, 3.8) is 0 Å². The number of β-amino-alcohol motifs (C(OH)–C–C–N with tert-alkyl or cyclic N) is 1. The third-order valence-electron chi connectivity index (χ3n) is 6.84. The molecule has 2 aliphatic heterocycles. The van der Waals surface area contributed by atoms with E-state index in [0.29, 0.717) is 18.9 Å². The molecule has 2 fully saturated rings. The molecule has 4 aromatic rings. The number of ketones is 1. The van der Waals surface area contributed by atoms with Gasteiger partial charge in [-0.2, -0.15) is 0 Å². The third-order valence-corrected chi connectivity index (χ3v) is 6.84. The molecule has 0 saturated carbocycles. The Balaban J connectivity index is 0.000000148. The lowest BCUT2D eigenvalue weighted by Crippen LogP contribution is -2.52. The molecule has 4 heteroatoms. The predicted molar refractivity (Wildman–Crippen MR) is 144 cm³/mol. The Hall–Kier alpha value is -3.57. The molecule has 4 nitrogen and oxygen atoms in total. The molecule has 182 valence electrons. The van der Waals surface area contributed by atoms with E-state index in [1.165, 1.54) is 22.3 Å². The molecule has 2 saturated heterocycles. The van der Waals surface area contributed by atoms with Gasteiger partial charge in [0.2, 0.25) is 0 Å². The largest absolute Gasteiger partial charge is 0.390 e. The SMILES string of the molecule is O=C1CN(C(c2ccccc2)c2ccccc2)C1.OC1CN(C(c2ccccc2)c2ccccc2)C1. The van der Waals surface area contributed by atoms with Crippen molar-refractivity contribution < 1.29 is 9.90 Å². The first kappa shape index (κ1) is 24.1. The maximum Gasteiger partial charge on any atom is 0.160 e. The zero-order chi connectivity index (χ0) is 24.7. The van der Waals surface area contributed by atoms with E-state index in [9.17, 15) is 9.90 Å². The van der Waals surface area contributed by atoms with Crippen LogP contribution >= 0.6 is 0 Å². The van der Waals surface area contributed by atoms with E-state index in [1.54, 1.807) is 0 Å². The molecule has 0 bridgehead atoms. The first-order valence-corrected chi connectivity index (χ1v) is 12.6. The molecule has 0 atom stereocenters. The average molecular weight is 477 g/mol. The summed E-state index contributed by atoms with van der Waals surface area (Å²) in [6.45, 7) is 2.64. The Kier molecular flexibility index (Phi) is 7.67. The molecule has 0 aliphatic carbocycles. The number of Topliss-reactive ketones (excluding diaryl/α,β-unsaturated/α-hetero) is 1. The number of aliphatic hydroxyl groups excluding tert-OH is 1. The van der Waals surface area contributed by atoms with Crippen LogP contribution in [0.15, 0.2) is 121 Å². The molecule has 0 amide bonds. The Morgan fingerprint density at radius 2 is 0.833 bits per heavy atom. The van der Waals surface area contributed by atoms with Gasteiger partial charge in [-0.3, -0.25) is 14.6 Å². The van der Waals surface area contributed by atoms with Gasteiger partial charge in [-0.15, -0.1) is 0 Å². The van der Waals surface area contributed by atoms with E-state index < -0.39 is 0 Å². The summed E-state index contributed by atoms with van der Waals surface area (Å²) in [5.41, 5.74) is 5.07. The molecule has 4 aromatic carbocycles. The average Bonchev–Trinajstić information content (AvgIpc) is 2.90. The smallest absolute Gasteiger partial charge is 0.160 e. The van der Waals surface area contributed by atoms with Crippen LogP contribution in [0, 0.1) is 0 Å². The second kappa shape index (κ2) is 11.4. The number of benzene rings is 4. The highest BCUT2D eigenvalue weighted by Crippen LogP contribution is 2.32. The maximum absolute atomic E-state index is 11.2. The minimum atomic E-state index is -0.167. The van der Waals surface area contributed by atoms with Gasteiger partial charge in [-0.25, -0.2) is 0 Å². The molecular formula is C32H32N2O2. The van der Waals surface area contributed by atoms with Gasteiger partial charge in [-0.1, -0.05) is 121 Å². The van der Waals surface area contributed by atoms with Gasteiger partial charge in [0.25, 0.3) is 0 Å². The topological polar surface area (TPSA) is 43.8 Å². The Bertz CT molecular complexity index is 1140. The number of hydrogen-bond donors (Lipinski definition) is 1. The minimum absolute atomic E-state index is 0.167. The number of nitrogens with zero attached hydrogens (tertiary/aromatic N) is 2. The van der Waals surface area contributed by atoms with Crippen LogP contribution in [0.4, 0.5) is 0 Å². The Labute approximate surface area is 213 Å². The molecule has 0 unspecified atom stereocenters. The normalized spacial score (nSPS) is 16.2. The molecule has 1 N–H and O–H groups in total. The second-order valence-corrected chi connectivity index (χ2v) is 9.50. The van der Waals surface area contributed by atoms with Crippen molar-refractivity contribution in [3.8, 4) is 0 Å². The van der Waals surface area contributed by atoms with Crippen LogP contribution in [-0.2, 0) is 4.79 Å². The van der Waals surface area contributed by atoms with E-state index in [0.717, 1.165) is 13.1 Å². The Morgan fingerprint density at radius 1 is 0.528 bits per heavy atom. The highest BCUT2D eigenvalue weighted by atomic mass is 16.3. The lowest BCUT2D eigenvalue weighted by atomic mass is 9.94. The van der Waals surface area contributed by atoms with Crippen molar-refractivity contribution in [3.05, 3.63) is 144 Å². The van der Waals surface area contributed by atoms with Crippen LogP contribution in [0.25, 0.3) is 0 Å². The van der Waals surface area contributed by atoms with Crippen LogP contribution in [0.5, 0.6) is 0 Å². The molecule has 36 heavy (non-hydrogen) atoms. The van der Waals surface area contributed by atoms with Crippen LogP contribution in [0.2, 0.25) is 0 Å².